The number of hydrogen-bond donors (Lipinski definition) is 1. The lowest BCUT2D eigenvalue weighted by Gasteiger charge is -2.01. The van der Waals surface area contributed by atoms with Crippen molar-refractivity contribution >= 4 is 12.2 Å². The lowest BCUT2D eigenvalue weighted by atomic mass is 10.1. The van der Waals surface area contributed by atoms with Gasteiger partial charge in [-0.2, -0.15) is 4.80 Å². The summed E-state index contributed by atoms with van der Waals surface area (Å²) < 4.78 is 2.45. The zero-order chi connectivity index (χ0) is 17.2. The van der Waals surface area contributed by atoms with Gasteiger partial charge < -0.3 is 0 Å². The van der Waals surface area contributed by atoms with Crippen LogP contribution >= 0.6 is 12.2 Å². The third kappa shape index (κ3) is 3.14. The van der Waals surface area contributed by atoms with Crippen molar-refractivity contribution in [3.63, 3.8) is 0 Å². The molecule has 2 aromatic heterocycles. The quantitative estimate of drug-likeness (QED) is 0.573. The van der Waals surface area contributed by atoms with Gasteiger partial charge >= 0.3 is 0 Å². The van der Waals surface area contributed by atoms with E-state index in [1.165, 1.54) is 5.56 Å². The molecule has 7 heteroatoms. The second-order valence-corrected chi connectivity index (χ2v) is 6.18. The number of nitrogens with zero attached hydrogens (tertiary/aromatic N) is 5. The lowest BCUT2D eigenvalue weighted by molar-refractivity contribution is 0.572. The Labute approximate surface area is 149 Å². The molecule has 4 aromatic rings. The van der Waals surface area contributed by atoms with Crippen LogP contribution in [0, 0.1) is 11.6 Å². The number of hydrogen-bond acceptors (Lipinski definition) is 4. The molecule has 0 spiro atoms. The molecule has 0 atom stereocenters. The summed E-state index contributed by atoms with van der Waals surface area (Å²) in [5.74, 6) is 0.517. The summed E-state index contributed by atoms with van der Waals surface area (Å²) in [6.45, 7) is 2.64. The number of aryl methyl sites for hydroxylation is 1. The van der Waals surface area contributed by atoms with Crippen LogP contribution in [-0.2, 0) is 6.54 Å². The minimum Gasteiger partial charge on any atom is -0.299 e. The first kappa shape index (κ1) is 15.5. The average Bonchev–Trinajstić information content (AvgIpc) is 3.22. The molecular weight excluding hydrogens is 332 g/mol. The Morgan fingerprint density at radius 2 is 1.92 bits per heavy atom. The molecule has 2 heterocycles. The summed E-state index contributed by atoms with van der Waals surface area (Å²) in [5.41, 5.74) is 4.07. The molecular formula is C18H16N6S. The van der Waals surface area contributed by atoms with Crippen molar-refractivity contribution in [2.45, 2.75) is 13.5 Å². The van der Waals surface area contributed by atoms with E-state index < -0.39 is 0 Å². The van der Waals surface area contributed by atoms with E-state index in [1.807, 2.05) is 53.3 Å². The molecule has 0 radical (unpaired) electrons. The summed E-state index contributed by atoms with van der Waals surface area (Å²) in [4.78, 5) is 1.58. The first-order valence-corrected chi connectivity index (χ1v) is 8.31. The van der Waals surface area contributed by atoms with Gasteiger partial charge in [-0.1, -0.05) is 60.2 Å². The van der Waals surface area contributed by atoms with Crippen LogP contribution in [0.25, 0.3) is 17.1 Å². The van der Waals surface area contributed by atoms with Gasteiger partial charge in [-0.05, 0) is 29.8 Å². The summed E-state index contributed by atoms with van der Waals surface area (Å²) in [5, 5.41) is 15.9. The maximum atomic E-state index is 5.56. The van der Waals surface area contributed by atoms with Crippen molar-refractivity contribution in [2.24, 2.45) is 0 Å². The van der Waals surface area contributed by atoms with Crippen molar-refractivity contribution in [2.75, 3.05) is 0 Å². The maximum Gasteiger partial charge on any atom is 0.209 e. The van der Waals surface area contributed by atoms with Crippen molar-refractivity contribution in [3.8, 4) is 17.1 Å². The highest BCUT2D eigenvalue weighted by molar-refractivity contribution is 7.71. The van der Waals surface area contributed by atoms with Crippen LogP contribution in [0.4, 0.5) is 0 Å². The van der Waals surface area contributed by atoms with Gasteiger partial charge in [0.25, 0.3) is 0 Å². The van der Waals surface area contributed by atoms with Gasteiger partial charge in [-0.15, -0.1) is 10.2 Å². The third-order valence-corrected chi connectivity index (χ3v) is 4.29. The summed E-state index contributed by atoms with van der Waals surface area (Å²) in [7, 11) is 0. The number of aromatic amines is 1. The Morgan fingerprint density at radius 1 is 1.08 bits per heavy atom. The number of tetrazole rings is 1. The maximum absolute atomic E-state index is 5.56. The molecule has 0 unspecified atom stereocenters. The highest BCUT2D eigenvalue weighted by atomic mass is 32.1. The molecule has 6 nitrogen and oxygen atoms in total. The molecule has 25 heavy (non-hydrogen) atoms. The first-order valence-electron chi connectivity index (χ1n) is 7.90. The predicted molar refractivity (Wildman–Crippen MR) is 98.0 cm³/mol. The Hall–Kier alpha value is -3.06. The molecule has 0 aliphatic rings. The molecule has 124 valence electrons. The van der Waals surface area contributed by atoms with Crippen molar-refractivity contribution in [1.82, 2.24) is 30.0 Å². The monoisotopic (exact) mass is 348 g/mol. The van der Waals surface area contributed by atoms with Crippen LogP contribution in [0.2, 0.25) is 0 Å². The van der Waals surface area contributed by atoms with Crippen LogP contribution in [0.1, 0.15) is 11.1 Å². The molecule has 0 saturated carbocycles. The second-order valence-electron chi connectivity index (χ2n) is 5.80. The van der Waals surface area contributed by atoms with Crippen molar-refractivity contribution < 1.29 is 0 Å². The van der Waals surface area contributed by atoms with E-state index in [-0.39, 0.29) is 0 Å². The Morgan fingerprint density at radius 3 is 2.72 bits per heavy atom. The highest BCUT2D eigenvalue weighted by Crippen LogP contribution is 2.18. The zero-order valence-electron chi connectivity index (χ0n) is 13.6. The number of aromatic nitrogens is 6. The minimum atomic E-state index is 0.517. The molecule has 0 amide bonds. The molecule has 2 aromatic carbocycles. The smallest absolute Gasteiger partial charge is 0.209 e. The molecule has 0 fully saturated rings. The number of H-pyrrole nitrogens is 1. The van der Waals surface area contributed by atoms with E-state index in [9.17, 15) is 0 Å². The van der Waals surface area contributed by atoms with Crippen molar-refractivity contribution in [3.05, 3.63) is 76.6 Å². The molecule has 4 rings (SSSR count). The molecule has 0 aliphatic heterocycles. The standard InChI is InChI=1S/C18H16N6S/c1-13-6-5-7-14(10-13)12-23-21-17(20-22-23)16-11-19-24(18(16)25)15-8-3-2-4-9-15/h2-11,19H,12H2,1H3. The van der Waals surface area contributed by atoms with Crippen LogP contribution in [0.15, 0.2) is 60.8 Å². The van der Waals surface area contributed by atoms with E-state index in [0.717, 1.165) is 16.8 Å². The van der Waals surface area contributed by atoms with Gasteiger partial charge in [0.2, 0.25) is 5.82 Å². The Bertz CT molecular complexity index is 1060. The van der Waals surface area contributed by atoms with Crippen LogP contribution in [-0.4, -0.2) is 30.0 Å². The van der Waals surface area contributed by atoms with Gasteiger partial charge in [0, 0.05) is 6.20 Å². The topological polar surface area (TPSA) is 64.3 Å². The van der Waals surface area contributed by atoms with Crippen LogP contribution in [0.5, 0.6) is 0 Å². The molecule has 0 bridgehead atoms. The molecule has 1 N–H and O–H groups in total. The predicted octanol–water partition coefficient (Wildman–Crippen LogP) is 3.55. The van der Waals surface area contributed by atoms with E-state index in [4.69, 9.17) is 12.2 Å². The minimum absolute atomic E-state index is 0.517. The van der Waals surface area contributed by atoms with Gasteiger partial charge in [-0.3, -0.25) is 5.10 Å². The van der Waals surface area contributed by atoms with Crippen LogP contribution in [0.3, 0.4) is 0 Å². The zero-order valence-corrected chi connectivity index (χ0v) is 14.4. The second kappa shape index (κ2) is 6.45. The SMILES string of the molecule is Cc1cccc(Cn2nnc(-c3c[nH]n(-c4ccccc4)c3=S)n2)c1. The van der Waals surface area contributed by atoms with Gasteiger partial charge in [0.1, 0.15) is 4.64 Å². The fourth-order valence-corrected chi connectivity index (χ4v) is 3.00. The van der Waals surface area contributed by atoms with E-state index in [0.29, 0.717) is 17.0 Å². The number of rotatable bonds is 4. The van der Waals surface area contributed by atoms with Gasteiger partial charge in [0.05, 0.1) is 17.8 Å². The van der Waals surface area contributed by atoms with Gasteiger partial charge in [-0.25, -0.2) is 4.68 Å². The first-order chi connectivity index (χ1) is 12.2. The van der Waals surface area contributed by atoms with E-state index >= 15 is 0 Å². The number of para-hydroxylation sites is 1. The van der Waals surface area contributed by atoms with E-state index in [1.54, 1.807) is 4.80 Å². The average molecular weight is 348 g/mol. The third-order valence-electron chi connectivity index (χ3n) is 3.89. The number of nitrogens with one attached hydrogen (secondary N) is 1. The highest BCUT2D eigenvalue weighted by Gasteiger charge is 2.12. The lowest BCUT2D eigenvalue weighted by Crippen LogP contribution is -2.04. The number of benzene rings is 2. The molecule has 0 saturated heterocycles. The van der Waals surface area contributed by atoms with Crippen molar-refractivity contribution in [1.29, 1.82) is 0 Å². The molecule has 0 aliphatic carbocycles. The van der Waals surface area contributed by atoms with E-state index in [2.05, 4.69) is 39.6 Å². The largest absolute Gasteiger partial charge is 0.299 e. The fraction of sp³-hybridized carbons (Fsp3) is 0.111. The summed E-state index contributed by atoms with van der Waals surface area (Å²) in [6, 6.07) is 18.1. The summed E-state index contributed by atoms with van der Waals surface area (Å²) in [6.07, 6.45) is 1.81. The summed E-state index contributed by atoms with van der Waals surface area (Å²) >= 11 is 5.56. The van der Waals surface area contributed by atoms with Crippen LogP contribution < -0.4 is 0 Å². The Kier molecular flexibility index (Phi) is 3.99. The normalized spacial score (nSPS) is 10.9. The Balaban J connectivity index is 1.63. The van der Waals surface area contributed by atoms with Gasteiger partial charge in [0.15, 0.2) is 0 Å². The fourth-order valence-electron chi connectivity index (χ4n) is 2.69.